The van der Waals surface area contributed by atoms with Crippen LogP contribution >= 0.6 is 0 Å². The van der Waals surface area contributed by atoms with E-state index in [9.17, 15) is 5.11 Å². The van der Waals surface area contributed by atoms with E-state index in [1.54, 1.807) is 5.57 Å². The Labute approximate surface area is 174 Å². The maximum Gasteiger partial charge on any atom is 0.192 e. The van der Waals surface area contributed by atoms with Crippen molar-refractivity contribution < 1.29 is 9.53 Å². The predicted molar refractivity (Wildman–Crippen MR) is 120 cm³/mol. The molecule has 0 spiro atoms. The van der Waals surface area contributed by atoms with Crippen LogP contribution in [0, 0.1) is 28.6 Å². The summed E-state index contributed by atoms with van der Waals surface area (Å²) in [5.74, 6) is 2.38. The molecule has 160 valence electrons. The molecule has 0 radical (unpaired) electrons. The molecule has 0 amide bonds. The number of aliphatic hydroxyl groups is 1. The molecule has 28 heavy (non-hydrogen) atoms. The van der Waals surface area contributed by atoms with E-state index < -0.39 is 8.32 Å². The molecule has 3 heteroatoms. The zero-order valence-electron chi connectivity index (χ0n) is 19.1. The molecular formula is C25H44O2Si. The minimum atomic E-state index is -1.51. The number of hydrogen-bond acceptors (Lipinski definition) is 2. The van der Waals surface area contributed by atoms with E-state index >= 15 is 0 Å². The second-order valence-corrected chi connectivity index (χ2v) is 15.8. The lowest BCUT2D eigenvalue weighted by Crippen LogP contribution is -2.52. The van der Waals surface area contributed by atoms with Crippen molar-refractivity contribution in [1.29, 1.82) is 0 Å². The third kappa shape index (κ3) is 3.10. The molecule has 1 N–H and O–H groups in total. The molecule has 4 aliphatic rings. The summed E-state index contributed by atoms with van der Waals surface area (Å²) in [5.41, 5.74) is 2.32. The van der Waals surface area contributed by atoms with Crippen LogP contribution in [0.1, 0.15) is 86.0 Å². The van der Waals surface area contributed by atoms with E-state index in [0.29, 0.717) is 11.5 Å². The standard InChI is InChI=1S/C25H44O2Si/c1-6-28(7-2,8-3)27-19-13-15-24(4)18(17-19)9-10-20-21-11-12-23(26)25(21,5)16-14-22(20)24/h9,19-23,26H,6-8,10-17H2,1-5H3/t19?,20-,21-,22-,23-,24-,25-/m0/s1. The molecule has 0 aliphatic heterocycles. The van der Waals surface area contributed by atoms with Crippen LogP contribution in [0.4, 0.5) is 0 Å². The molecule has 0 saturated heterocycles. The maximum absolute atomic E-state index is 10.7. The van der Waals surface area contributed by atoms with E-state index in [-0.39, 0.29) is 11.5 Å². The van der Waals surface area contributed by atoms with Crippen molar-refractivity contribution in [3.05, 3.63) is 11.6 Å². The van der Waals surface area contributed by atoms with Gasteiger partial charge in [0.1, 0.15) is 0 Å². The van der Waals surface area contributed by atoms with Crippen molar-refractivity contribution in [2.75, 3.05) is 0 Å². The molecule has 0 aromatic rings. The maximum atomic E-state index is 10.7. The van der Waals surface area contributed by atoms with E-state index in [1.165, 1.54) is 63.1 Å². The second-order valence-electron chi connectivity index (χ2n) is 11.1. The quantitative estimate of drug-likeness (QED) is 0.408. The third-order valence-electron chi connectivity index (χ3n) is 10.4. The van der Waals surface area contributed by atoms with Gasteiger partial charge in [-0.2, -0.15) is 0 Å². The lowest BCUT2D eigenvalue weighted by molar-refractivity contribution is -0.0706. The Hall–Kier alpha value is -0.123. The molecule has 7 atom stereocenters. The first-order chi connectivity index (χ1) is 13.3. The molecule has 4 rings (SSSR count). The molecule has 3 saturated carbocycles. The molecule has 0 aromatic carbocycles. The van der Waals surface area contributed by atoms with Gasteiger partial charge < -0.3 is 9.53 Å². The number of rotatable bonds is 5. The minimum Gasteiger partial charge on any atom is -0.414 e. The van der Waals surface area contributed by atoms with Crippen LogP contribution in [-0.2, 0) is 4.43 Å². The van der Waals surface area contributed by atoms with Gasteiger partial charge in [0.25, 0.3) is 0 Å². The van der Waals surface area contributed by atoms with Crippen LogP contribution < -0.4 is 0 Å². The van der Waals surface area contributed by atoms with Crippen LogP contribution in [0.3, 0.4) is 0 Å². The molecule has 0 aromatic heterocycles. The van der Waals surface area contributed by atoms with Gasteiger partial charge in [0.2, 0.25) is 0 Å². The van der Waals surface area contributed by atoms with Crippen LogP contribution in [0.5, 0.6) is 0 Å². The number of fused-ring (bicyclic) bond motifs is 5. The fourth-order valence-corrected chi connectivity index (χ4v) is 11.0. The van der Waals surface area contributed by atoms with Gasteiger partial charge >= 0.3 is 0 Å². The summed E-state index contributed by atoms with van der Waals surface area (Å²) in [7, 11) is -1.51. The normalized spacial score (nSPS) is 45.8. The summed E-state index contributed by atoms with van der Waals surface area (Å²) >= 11 is 0. The highest BCUT2D eigenvalue weighted by molar-refractivity contribution is 6.73. The van der Waals surface area contributed by atoms with Gasteiger partial charge in [0.05, 0.1) is 6.10 Å². The minimum absolute atomic E-state index is 0.0593. The summed E-state index contributed by atoms with van der Waals surface area (Å²) in [6.07, 6.45) is 12.9. The van der Waals surface area contributed by atoms with Crippen molar-refractivity contribution in [2.45, 2.75) is 116 Å². The van der Waals surface area contributed by atoms with Gasteiger partial charge in [0, 0.05) is 6.10 Å². The monoisotopic (exact) mass is 404 g/mol. The van der Waals surface area contributed by atoms with Crippen molar-refractivity contribution in [2.24, 2.45) is 28.6 Å². The summed E-state index contributed by atoms with van der Waals surface area (Å²) in [5, 5.41) is 10.7. The van der Waals surface area contributed by atoms with Gasteiger partial charge in [-0.1, -0.05) is 46.3 Å². The summed E-state index contributed by atoms with van der Waals surface area (Å²) in [6.45, 7) is 12.0. The zero-order valence-corrected chi connectivity index (χ0v) is 20.1. The van der Waals surface area contributed by atoms with Crippen LogP contribution in [0.2, 0.25) is 18.1 Å². The van der Waals surface area contributed by atoms with Crippen molar-refractivity contribution in [3.8, 4) is 0 Å². The Morgan fingerprint density at radius 2 is 1.71 bits per heavy atom. The average molecular weight is 405 g/mol. The summed E-state index contributed by atoms with van der Waals surface area (Å²) in [4.78, 5) is 0. The zero-order chi connectivity index (χ0) is 20.2. The number of aliphatic hydroxyl groups excluding tert-OH is 1. The Kier molecular flexibility index (Phi) is 5.68. The predicted octanol–water partition coefficient (Wildman–Crippen LogP) is 6.70. The largest absolute Gasteiger partial charge is 0.414 e. The summed E-state index contributed by atoms with van der Waals surface area (Å²) < 4.78 is 6.92. The topological polar surface area (TPSA) is 29.5 Å². The Bertz CT molecular complexity index is 603. The first kappa shape index (κ1) is 21.1. The molecule has 1 unspecified atom stereocenters. The first-order valence-electron chi connectivity index (χ1n) is 12.4. The molecule has 0 heterocycles. The van der Waals surface area contributed by atoms with E-state index in [1.807, 2.05) is 0 Å². The Balaban J connectivity index is 1.52. The highest BCUT2D eigenvalue weighted by atomic mass is 28.4. The summed E-state index contributed by atoms with van der Waals surface area (Å²) in [6, 6.07) is 3.79. The highest BCUT2D eigenvalue weighted by Crippen LogP contribution is 2.65. The van der Waals surface area contributed by atoms with Crippen LogP contribution in [0.15, 0.2) is 11.6 Å². The fraction of sp³-hybridized carbons (Fsp3) is 0.920. The lowest BCUT2D eigenvalue weighted by Gasteiger charge is -2.58. The van der Waals surface area contributed by atoms with Crippen molar-refractivity contribution in [3.63, 3.8) is 0 Å². The molecule has 2 nitrogen and oxygen atoms in total. The van der Waals surface area contributed by atoms with Gasteiger partial charge in [-0.15, -0.1) is 0 Å². The van der Waals surface area contributed by atoms with E-state index in [4.69, 9.17) is 4.43 Å². The smallest absolute Gasteiger partial charge is 0.192 e. The molecule has 4 aliphatic carbocycles. The number of allylic oxidation sites excluding steroid dienone is 1. The first-order valence-corrected chi connectivity index (χ1v) is 14.9. The van der Waals surface area contributed by atoms with Gasteiger partial charge in [-0.05, 0) is 98.1 Å². The lowest BCUT2D eigenvalue weighted by atomic mass is 9.48. The average Bonchev–Trinajstić information content (AvgIpc) is 3.01. The van der Waals surface area contributed by atoms with Gasteiger partial charge in [-0.25, -0.2) is 0 Å². The van der Waals surface area contributed by atoms with Crippen LogP contribution in [-0.4, -0.2) is 25.6 Å². The van der Waals surface area contributed by atoms with E-state index in [0.717, 1.165) is 24.2 Å². The molecule has 3 fully saturated rings. The number of hydrogen-bond donors (Lipinski definition) is 1. The van der Waals surface area contributed by atoms with E-state index in [2.05, 4.69) is 40.7 Å². The van der Waals surface area contributed by atoms with Gasteiger partial charge in [-0.3, -0.25) is 0 Å². The van der Waals surface area contributed by atoms with Gasteiger partial charge in [0.15, 0.2) is 8.32 Å². The van der Waals surface area contributed by atoms with Crippen molar-refractivity contribution >= 4 is 8.32 Å². The Morgan fingerprint density at radius 3 is 2.39 bits per heavy atom. The SMILES string of the molecule is CC[Si](CC)(CC)OC1CC[C@@]2(C)C(=CC[C@H]3[C@@H]4CC[C@H](O)[C@@]4(C)CC[C@@H]32)C1. The Morgan fingerprint density at radius 1 is 1.00 bits per heavy atom. The van der Waals surface area contributed by atoms with Crippen molar-refractivity contribution in [1.82, 2.24) is 0 Å². The fourth-order valence-electron chi connectivity index (χ4n) is 8.05. The van der Waals surface area contributed by atoms with Crippen LogP contribution in [0.25, 0.3) is 0 Å². The third-order valence-corrected chi connectivity index (χ3v) is 15.1. The molecule has 0 bridgehead atoms. The molecular weight excluding hydrogens is 360 g/mol. The highest BCUT2D eigenvalue weighted by Gasteiger charge is 2.58. The second kappa shape index (κ2) is 7.53.